The minimum atomic E-state index is -0.124. The minimum absolute atomic E-state index is 0.124. The van der Waals surface area contributed by atoms with Crippen LogP contribution in [-0.2, 0) is 6.54 Å². The van der Waals surface area contributed by atoms with Crippen LogP contribution in [-0.4, -0.2) is 14.7 Å². The molecular weight excluding hydrogens is 274 g/mol. The van der Waals surface area contributed by atoms with Gasteiger partial charge in [0.1, 0.15) is 4.47 Å². The van der Waals surface area contributed by atoms with Crippen molar-refractivity contribution < 1.29 is 4.52 Å². The standard InChI is InChI=1S/C10H10BrN3O2/c1-6-3-8(16-13-6)4-14-5-12-7(2)9(11)10(14)15/h3,5H,4H2,1-2H3. The highest BCUT2D eigenvalue weighted by Crippen LogP contribution is 2.08. The molecule has 0 saturated carbocycles. The van der Waals surface area contributed by atoms with Crippen molar-refractivity contribution in [3.05, 3.63) is 44.4 Å². The maximum absolute atomic E-state index is 11.8. The molecule has 2 heterocycles. The Balaban J connectivity index is 2.36. The van der Waals surface area contributed by atoms with E-state index >= 15 is 0 Å². The van der Waals surface area contributed by atoms with Crippen LogP contribution in [0.1, 0.15) is 17.1 Å². The second-order valence-corrected chi connectivity index (χ2v) is 4.30. The van der Waals surface area contributed by atoms with E-state index in [1.807, 2.05) is 6.92 Å². The normalized spacial score (nSPS) is 10.7. The highest BCUT2D eigenvalue weighted by molar-refractivity contribution is 9.10. The Morgan fingerprint density at radius 2 is 2.25 bits per heavy atom. The zero-order valence-electron chi connectivity index (χ0n) is 8.90. The number of halogens is 1. The molecule has 0 bridgehead atoms. The monoisotopic (exact) mass is 283 g/mol. The van der Waals surface area contributed by atoms with Gasteiger partial charge < -0.3 is 4.52 Å². The first-order chi connectivity index (χ1) is 7.58. The zero-order valence-corrected chi connectivity index (χ0v) is 10.5. The fraction of sp³-hybridized carbons (Fsp3) is 0.300. The van der Waals surface area contributed by atoms with Gasteiger partial charge in [0.25, 0.3) is 5.56 Å². The number of aryl methyl sites for hydroxylation is 2. The van der Waals surface area contributed by atoms with Crippen LogP contribution in [0.15, 0.2) is 26.2 Å². The second kappa shape index (κ2) is 4.21. The van der Waals surface area contributed by atoms with Crippen molar-refractivity contribution in [1.29, 1.82) is 0 Å². The third-order valence-electron chi connectivity index (χ3n) is 2.16. The molecule has 0 saturated heterocycles. The lowest BCUT2D eigenvalue weighted by Crippen LogP contribution is -2.22. The van der Waals surface area contributed by atoms with E-state index < -0.39 is 0 Å². The van der Waals surface area contributed by atoms with Gasteiger partial charge in [0.05, 0.1) is 24.3 Å². The molecule has 0 radical (unpaired) electrons. The number of hydrogen-bond acceptors (Lipinski definition) is 4. The van der Waals surface area contributed by atoms with Gasteiger partial charge in [-0.25, -0.2) is 4.98 Å². The molecule has 2 rings (SSSR count). The molecule has 2 aromatic rings. The quantitative estimate of drug-likeness (QED) is 0.841. The number of rotatable bonds is 2. The van der Waals surface area contributed by atoms with Gasteiger partial charge in [0, 0.05) is 6.07 Å². The average molecular weight is 284 g/mol. The molecule has 0 atom stereocenters. The molecule has 0 unspecified atom stereocenters. The highest BCUT2D eigenvalue weighted by Gasteiger charge is 2.08. The van der Waals surface area contributed by atoms with Gasteiger partial charge in [-0.3, -0.25) is 9.36 Å². The first-order valence-electron chi connectivity index (χ1n) is 4.71. The van der Waals surface area contributed by atoms with Gasteiger partial charge >= 0.3 is 0 Å². The van der Waals surface area contributed by atoms with E-state index in [1.165, 1.54) is 10.9 Å². The maximum Gasteiger partial charge on any atom is 0.268 e. The minimum Gasteiger partial charge on any atom is -0.359 e. The molecule has 0 fully saturated rings. The molecule has 0 aliphatic carbocycles. The molecular formula is C10H10BrN3O2. The third-order valence-corrected chi connectivity index (χ3v) is 3.07. The summed E-state index contributed by atoms with van der Waals surface area (Å²) in [5, 5.41) is 3.76. The number of hydrogen-bond donors (Lipinski definition) is 0. The molecule has 6 heteroatoms. The summed E-state index contributed by atoms with van der Waals surface area (Å²) in [5.41, 5.74) is 1.35. The van der Waals surface area contributed by atoms with Crippen molar-refractivity contribution in [2.45, 2.75) is 20.4 Å². The lowest BCUT2D eigenvalue weighted by molar-refractivity contribution is 0.371. The van der Waals surface area contributed by atoms with Crippen LogP contribution >= 0.6 is 15.9 Å². The lowest BCUT2D eigenvalue weighted by atomic mass is 10.4. The van der Waals surface area contributed by atoms with Crippen molar-refractivity contribution >= 4 is 15.9 Å². The molecule has 0 amide bonds. The van der Waals surface area contributed by atoms with Crippen molar-refractivity contribution in [1.82, 2.24) is 14.7 Å². The average Bonchev–Trinajstić information content (AvgIpc) is 2.65. The Labute approximate surface area is 100 Å². The van der Waals surface area contributed by atoms with Gasteiger partial charge in [-0.1, -0.05) is 5.16 Å². The molecule has 5 nitrogen and oxygen atoms in total. The zero-order chi connectivity index (χ0) is 11.7. The lowest BCUT2D eigenvalue weighted by Gasteiger charge is -2.03. The molecule has 0 spiro atoms. The molecule has 84 valence electrons. The Morgan fingerprint density at radius 3 is 2.88 bits per heavy atom. The van der Waals surface area contributed by atoms with Gasteiger partial charge in [0.15, 0.2) is 5.76 Å². The van der Waals surface area contributed by atoms with Crippen LogP contribution in [0.25, 0.3) is 0 Å². The van der Waals surface area contributed by atoms with Gasteiger partial charge in [-0.15, -0.1) is 0 Å². The predicted molar refractivity (Wildman–Crippen MR) is 61.3 cm³/mol. The summed E-state index contributed by atoms with van der Waals surface area (Å²) in [4.78, 5) is 15.9. The molecule has 0 aliphatic rings. The van der Waals surface area contributed by atoms with Crippen molar-refractivity contribution in [3.63, 3.8) is 0 Å². The van der Waals surface area contributed by atoms with Crippen LogP contribution in [0.4, 0.5) is 0 Å². The van der Waals surface area contributed by atoms with Gasteiger partial charge in [0.2, 0.25) is 0 Å². The van der Waals surface area contributed by atoms with E-state index in [-0.39, 0.29) is 5.56 Å². The first-order valence-corrected chi connectivity index (χ1v) is 5.51. The van der Waals surface area contributed by atoms with E-state index in [9.17, 15) is 4.79 Å². The van der Waals surface area contributed by atoms with Crippen LogP contribution in [0, 0.1) is 13.8 Å². The summed E-state index contributed by atoms with van der Waals surface area (Å²) in [5.74, 6) is 0.636. The van der Waals surface area contributed by atoms with Crippen molar-refractivity contribution in [2.75, 3.05) is 0 Å². The summed E-state index contributed by atoms with van der Waals surface area (Å²) < 4.78 is 6.99. The summed E-state index contributed by atoms with van der Waals surface area (Å²) in [6, 6.07) is 1.79. The number of nitrogens with zero attached hydrogens (tertiary/aromatic N) is 3. The molecule has 16 heavy (non-hydrogen) atoms. The summed E-state index contributed by atoms with van der Waals surface area (Å²) >= 11 is 3.21. The summed E-state index contributed by atoms with van der Waals surface area (Å²) in [6.45, 7) is 3.94. The molecule has 0 N–H and O–H groups in total. The van der Waals surface area contributed by atoms with E-state index in [4.69, 9.17) is 4.52 Å². The predicted octanol–water partition coefficient (Wildman–Crippen LogP) is 1.66. The van der Waals surface area contributed by atoms with Crippen molar-refractivity contribution in [2.24, 2.45) is 0 Å². The van der Waals surface area contributed by atoms with E-state index in [0.29, 0.717) is 22.5 Å². The van der Waals surface area contributed by atoms with Crippen LogP contribution in [0.2, 0.25) is 0 Å². The maximum atomic E-state index is 11.8. The van der Waals surface area contributed by atoms with Crippen molar-refractivity contribution in [3.8, 4) is 0 Å². The van der Waals surface area contributed by atoms with Crippen LogP contribution in [0.3, 0.4) is 0 Å². The van der Waals surface area contributed by atoms with E-state index in [1.54, 1.807) is 13.0 Å². The van der Waals surface area contributed by atoms with E-state index in [2.05, 4.69) is 26.1 Å². The van der Waals surface area contributed by atoms with Crippen LogP contribution in [0.5, 0.6) is 0 Å². The fourth-order valence-electron chi connectivity index (χ4n) is 1.32. The van der Waals surface area contributed by atoms with Gasteiger partial charge in [-0.2, -0.15) is 0 Å². The molecule has 2 aromatic heterocycles. The summed E-state index contributed by atoms with van der Waals surface area (Å²) in [7, 11) is 0. The Morgan fingerprint density at radius 1 is 1.50 bits per heavy atom. The summed E-state index contributed by atoms with van der Waals surface area (Å²) in [6.07, 6.45) is 1.50. The first kappa shape index (κ1) is 11.1. The smallest absolute Gasteiger partial charge is 0.268 e. The SMILES string of the molecule is Cc1cc(Cn2cnc(C)c(Br)c2=O)on1. The highest BCUT2D eigenvalue weighted by atomic mass is 79.9. The Bertz CT molecular complexity index is 574. The van der Waals surface area contributed by atoms with E-state index in [0.717, 1.165) is 5.69 Å². The Hall–Kier alpha value is -1.43. The topological polar surface area (TPSA) is 60.9 Å². The van der Waals surface area contributed by atoms with Gasteiger partial charge in [-0.05, 0) is 29.8 Å². The molecule has 0 aliphatic heterocycles. The fourth-order valence-corrected chi connectivity index (χ4v) is 1.65. The third kappa shape index (κ3) is 2.06. The van der Waals surface area contributed by atoms with Crippen LogP contribution < -0.4 is 5.56 Å². The second-order valence-electron chi connectivity index (χ2n) is 3.51. The number of aromatic nitrogens is 3. The Kier molecular flexibility index (Phi) is 2.91. The molecule has 0 aromatic carbocycles. The largest absolute Gasteiger partial charge is 0.359 e.